The predicted octanol–water partition coefficient (Wildman–Crippen LogP) is 1.08. The van der Waals surface area contributed by atoms with Crippen LogP contribution in [0.25, 0.3) is 0 Å². The third-order valence-electron chi connectivity index (χ3n) is 3.99. The molecule has 28 heavy (non-hydrogen) atoms. The van der Waals surface area contributed by atoms with Crippen LogP contribution in [0.2, 0.25) is 0 Å². The Labute approximate surface area is 165 Å². The lowest BCUT2D eigenvalue weighted by atomic mass is 10.5. The summed E-state index contributed by atoms with van der Waals surface area (Å²) < 4.78 is 20.5. The van der Waals surface area contributed by atoms with Crippen LogP contribution in [0, 0.1) is 0 Å². The van der Waals surface area contributed by atoms with E-state index in [1.54, 1.807) is 20.8 Å². The molecule has 0 saturated carbocycles. The van der Waals surface area contributed by atoms with Gasteiger partial charge in [-0.2, -0.15) is 0 Å². The van der Waals surface area contributed by atoms with E-state index in [2.05, 4.69) is 13.2 Å². The number of hydrogen-bond donors (Lipinski definition) is 0. The summed E-state index contributed by atoms with van der Waals surface area (Å²) in [6.07, 6.45) is 3.38. The molecule has 0 bridgehead atoms. The van der Waals surface area contributed by atoms with E-state index in [9.17, 15) is 14.4 Å². The van der Waals surface area contributed by atoms with Crippen molar-refractivity contribution in [2.45, 2.75) is 52.9 Å². The lowest BCUT2D eigenvalue weighted by Crippen LogP contribution is -2.62. The molecule has 0 aromatic carbocycles. The van der Waals surface area contributed by atoms with Crippen molar-refractivity contribution < 1.29 is 13.3 Å². The van der Waals surface area contributed by atoms with Gasteiger partial charge in [-0.05, 0) is 27.2 Å². The first-order valence-corrected chi connectivity index (χ1v) is 11.3. The lowest BCUT2D eigenvalue weighted by Gasteiger charge is -2.34. The highest BCUT2D eigenvalue weighted by Gasteiger charge is 2.51. The molecule has 0 aliphatic rings. The zero-order valence-corrected chi connectivity index (χ0v) is 18.2. The number of rotatable bonds is 13. The first kappa shape index (κ1) is 24.0. The SMILES string of the molecule is C=CCn1c(=O)n(CCC)c(=O)n(C(C=C)[Si](OCC)(OCC)OCC)c1=O. The fourth-order valence-corrected chi connectivity index (χ4v) is 5.78. The van der Waals surface area contributed by atoms with Crippen molar-refractivity contribution in [1.29, 1.82) is 0 Å². The normalized spacial score (nSPS) is 12.7. The molecule has 1 heterocycles. The van der Waals surface area contributed by atoms with Crippen LogP contribution in [-0.2, 0) is 26.4 Å². The van der Waals surface area contributed by atoms with Crippen molar-refractivity contribution in [3.8, 4) is 0 Å². The largest absolute Gasteiger partial charge is 0.529 e. The van der Waals surface area contributed by atoms with E-state index in [4.69, 9.17) is 13.3 Å². The van der Waals surface area contributed by atoms with Crippen molar-refractivity contribution in [3.63, 3.8) is 0 Å². The second-order valence-electron chi connectivity index (χ2n) is 5.85. The average molecular weight is 414 g/mol. The van der Waals surface area contributed by atoms with Gasteiger partial charge in [0, 0.05) is 26.4 Å². The quantitative estimate of drug-likeness (QED) is 0.355. The lowest BCUT2D eigenvalue weighted by molar-refractivity contribution is 0.0577. The molecule has 0 saturated heterocycles. The van der Waals surface area contributed by atoms with E-state index in [0.29, 0.717) is 6.42 Å². The second kappa shape index (κ2) is 11.1. The molecular formula is C18H31N3O6Si. The van der Waals surface area contributed by atoms with Crippen molar-refractivity contribution >= 4 is 8.80 Å². The summed E-state index contributed by atoms with van der Waals surface area (Å²) in [6, 6.07) is 0. The molecule has 0 fully saturated rings. The Balaban J connectivity index is 3.93. The van der Waals surface area contributed by atoms with Gasteiger partial charge in [0.2, 0.25) is 0 Å². The molecule has 158 valence electrons. The molecule has 0 amide bonds. The number of aromatic nitrogens is 3. The average Bonchev–Trinajstić information content (AvgIpc) is 2.66. The maximum absolute atomic E-state index is 13.1. The summed E-state index contributed by atoms with van der Waals surface area (Å²) in [5, 5.41) is 0. The minimum Gasteiger partial charge on any atom is -0.372 e. The van der Waals surface area contributed by atoms with E-state index < -0.39 is 31.5 Å². The van der Waals surface area contributed by atoms with Crippen LogP contribution < -0.4 is 17.1 Å². The van der Waals surface area contributed by atoms with Gasteiger partial charge in [-0.1, -0.05) is 19.1 Å². The van der Waals surface area contributed by atoms with Crippen LogP contribution in [-0.4, -0.2) is 42.3 Å². The van der Waals surface area contributed by atoms with E-state index in [0.717, 1.165) is 13.7 Å². The molecule has 9 nitrogen and oxygen atoms in total. The Hall–Kier alpha value is -2.01. The van der Waals surface area contributed by atoms with Crippen molar-refractivity contribution in [2.24, 2.45) is 0 Å². The third kappa shape index (κ3) is 4.69. The van der Waals surface area contributed by atoms with Gasteiger partial charge >= 0.3 is 25.9 Å². The van der Waals surface area contributed by atoms with Gasteiger partial charge in [0.05, 0.1) is 6.54 Å². The second-order valence-corrected chi connectivity index (χ2v) is 8.52. The van der Waals surface area contributed by atoms with E-state index >= 15 is 0 Å². The first-order valence-electron chi connectivity index (χ1n) is 9.50. The molecule has 0 aliphatic carbocycles. The van der Waals surface area contributed by atoms with E-state index in [-0.39, 0.29) is 32.9 Å². The predicted molar refractivity (Wildman–Crippen MR) is 110 cm³/mol. The fraction of sp³-hybridized carbons (Fsp3) is 0.611. The van der Waals surface area contributed by atoms with Gasteiger partial charge in [-0.15, -0.1) is 13.2 Å². The molecule has 0 radical (unpaired) electrons. The Morgan fingerprint density at radius 3 is 1.79 bits per heavy atom. The fourth-order valence-electron chi connectivity index (χ4n) is 2.98. The maximum atomic E-state index is 13.1. The Morgan fingerprint density at radius 2 is 1.39 bits per heavy atom. The smallest absolute Gasteiger partial charge is 0.372 e. The molecule has 0 spiro atoms. The summed E-state index contributed by atoms with van der Waals surface area (Å²) in [5.41, 5.74) is -3.17. The summed E-state index contributed by atoms with van der Waals surface area (Å²) in [4.78, 5) is 38.8. The van der Waals surface area contributed by atoms with Gasteiger partial charge < -0.3 is 13.3 Å². The van der Waals surface area contributed by atoms with Crippen LogP contribution in [0.15, 0.2) is 39.7 Å². The van der Waals surface area contributed by atoms with Gasteiger partial charge in [0.15, 0.2) is 0 Å². The van der Waals surface area contributed by atoms with Crippen molar-refractivity contribution in [1.82, 2.24) is 13.7 Å². The van der Waals surface area contributed by atoms with Crippen LogP contribution in [0.3, 0.4) is 0 Å². The molecule has 1 aromatic rings. The standard InChI is InChI=1S/C18H31N3O6Si/c1-7-13-19-16(22)20(14-8-2)18(24)21(17(19)23)15(9-3)28(25-10-4,26-11-5)27-12-6/h7,9,15H,1,3,8,10-14H2,2,4-6H3. The first-order chi connectivity index (χ1) is 13.4. The molecule has 1 rings (SSSR count). The zero-order valence-electron chi connectivity index (χ0n) is 17.2. The Bertz CT molecular complexity index is 824. The van der Waals surface area contributed by atoms with Gasteiger partial charge in [-0.25, -0.2) is 28.1 Å². The molecular weight excluding hydrogens is 382 g/mol. The number of allylic oxidation sites excluding steroid dienone is 2. The molecule has 1 atom stereocenters. The molecule has 0 aliphatic heterocycles. The third-order valence-corrected chi connectivity index (χ3v) is 7.29. The van der Waals surface area contributed by atoms with E-state index in [1.807, 2.05) is 6.92 Å². The van der Waals surface area contributed by atoms with Crippen LogP contribution >= 0.6 is 0 Å². The monoisotopic (exact) mass is 413 g/mol. The van der Waals surface area contributed by atoms with Crippen LogP contribution in [0.1, 0.15) is 39.8 Å². The van der Waals surface area contributed by atoms with Crippen molar-refractivity contribution in [2.75, 3.05) is 19.8 Å². The number of nitrogens with zero attached hydrogens (tertiary/aromatic N) is 3. The van der Waals surface area contributed by atoms with Crippen molar-refractivity contribution in [3.05, 3.63) is 56.8 Å². The molecule has 10 heteroatoms. The summed E-state index contributed by atoms with van der Waals surface area (Å²) >= 11 is 0. The highest BCUT2D eigenvalue weighted by molar-refractivity contribution is 6.62. The summed E-state index contributed by atoms with van der Waals surface area (Å²) in [5.74, 6) is 0. The summed E-state index contributed by atoms with van der Waals surface area (Å²) in [6.45, 7) is 15.5. The minimum atomic E-state index is -3.55. The topological polar surface area (TPSA) is 93.7 Å². The molecule has 0 N–H and O–H groups in total. The van der Waals surface area contributed by atoms with Crippen LogP contribution in [0.5, 0.6) is 0 Å². The zero-order chi connectivity index (χ0) is 21.3. The van der Waals surface area contributed by atoms with E-state index in [1.165, 1.54) is 12.2 Å². The Morgan fingerprint density at radius 1 is 0.893 bits per heavy atom. The number of hydrogen-bond acceptors (Lipinski definition) is 6. The highest BCUT2D eigenvalue weighted by atomic mass is 28.4. The van der Waals surface area contributed by atoms with Gasteiger partial charge in [0.25, 0.3) is 0 Å². The van der Waals surface area contributed by atoms with Crippen LogP contribution in [0.4, 0.5) is 0 Å². The van der Waals surface area contributed by atoms with Gasteiger partial charge in [0.1, 0.15) is 5.67 Å². The Kier molecular flexibility index (Phi) is 9.53. The summed E-state index contributed by atoms with van der Waals surface area (Å²) in [7, 11) is -3.55. The highest BCUT2D eigenvalue weighted by Crippen LogP contribution is 2.24. The maximum Gasteiger partial charge on any atom is 0.529 e. The minimum absolute atomic E-state index is 0.0298. The molecule has 1 aromatic heterocycles. The molecule has 1 unspecified atom stereocenters. The van der Waals surface area contributed by atoms with Gasteiger partial charge in [-0.3, -0.25) is 0 Å².